The topological polar surface area (TPSA) is 43.2 Å². The van der Waals surface area contributed by atoms with E-state index in [1.54, 1.807) is 0 Å². The molecule has 0 N–H and O–H groups in total. The van der Waals surface area contributed by atoms with Gasteiger partial charge in [0, 0.05) is 31.1 Å². The standard InChI is InChI=1S/C18H26N4OS/c1-14-5-7-24-18(14)11-21-6-4-16(8-21)9-22-10-17(19-20-22)13-23-12-15-2-3-15/h5,7,10,15-16H,2-4,6,8-9,11-13H2,1H3. The number of thiophene rings is 1. The highest BCUT2D eigenvalue weighted by Crippen LogP contribution is 2.29. The lowest BCUT2D eigenvalue weighted by atomic mass is 10.1. The molecule has 5 nitrogen and oxygen atoms in total. The van der Waals surface area contributed by atoms with Gasteiger partial charge in [-0.05, 0) is 61.6 Å². The van der Waals surface area contributed by atoms with Gasteiger partial charge in [0.25, 0.3) is 0 Å². The van der Waals surface area contributed by atoms with Gasteiger partial charge in [-0.15, -0.1) is 16.4 Å². The second-order valence-electron chi connectivity index (χ2n) is 7.31. The van der Waals surface area contributed by atoms with E-state index in [9.17, 15) is 0 Å². The lowest BCUT2D eigenvalue weighted by Crippen LogP contribution is -2.21. The Kier molecular flexibility index (Phi) is 4.96. The van der Waals surface area contributed by atoms with E-state index >= 15 is 0 Å². The van der Waals surface area contributed by atoms with Crippen molar-refractivity contribution in [2.45, 2.75) is 45.9 Å². The monoisotopic (exact) mass is 346 g/mol. The van der Waals surface area contributed by atoms with Gasteiger partial charge in [-0.3, -0.25) is 9.58 Å². The summed E-state index contributed by atoms with van der Waals surface area (Å²) < 4.78 is 7.69. The number of rotatable bonds is 8. The van der Waals surface area contributed by atoms with Crippen LogP contribution < -0.4 is 0 Å². The molecule has 0 bridgehead atoms. The molecule has 2 aliphatic rings. The summed E-state index contributed by atoms with van der Waals surface area (Å²) in [5.41, 5.74) is 2.38. The number of hydrogen-bond acceptors (Lipinski definition) is 5. The summed E-state index contributed by atoms with van der Waals surface area (Å²) in [6.07, 6.45) is 5.96. The molecule has 0 aromatic carbocycles. The minimum Gasteiger partial charge on any atom is -0.375 e. The third-order valence-electron chi connectivity index (χ3n) is 5.04. The summed E-state index contributed by atoms with van der Waals surface area (Å²) >= 11 is 1.88. The molecule has 130 valence electrons. The predicted molar refractivity (Wildman–Crippen MR) is 94.8 cm³/mol. The maximum atomic E-state index is 5.69. The molecular formula is C18H26N4OS. The Balaban J connectivity index is 1.22. The van der Waals surface area contributed by atoms with Crippen LogP contribution in [0.5, 0.6) is 0 Å². The van der Waals surface area contributed by atoms with Crippen LogP contribution in [0.1, 0.15) is 35.4 Å². The molecule has 1 aliphatic heterocycles. The minimum atomic E-state index is 0.602. The second-order valence-corrected chi connectivity index (χ2v) is 8.31. The molecule has 1 saturated heterocycles. The van der Waals surface area contributed by atoms with Crippen molar-refractivity contribution in [1.82, 2.24) is 19.9 Å². The largest absolute Gasteiger partial charge is 0.375 e. The van der Waals surface area contributed by atoms with E-state index in [-0.39, 0.29) is 0 Å². The number of ether oxygens (including phenoxy) is 1. The van der Waals surface area contributed by atoms with E-state index in [1.165, 1.54) is 36.2 Å². The van der Waals surface area contributed by atoms with Gasteiger partial charge >= 0.3 is 0 Å². The molecule has 2 fully saturated rings. The van der Waals surface area contributed by atoms with Crippen LogP contribution in [-0.4, -0.2) is 39.6 Å². The quantitative estimate of drug-likeness (QED) is 0.737. The number of hydrogen-bond donors (Lipinski definition) is 0. The lowest BCUT2D eigenvalue weighted by Gasteiger charge is -2.15. The van der Waals surface area contributed by atoms with Crippen molar-refractivity contribution < 1.29 is 4.74 Å². The summed E-state index contributed by atoms with van der Waals surface area (Å²) in [6, 6.07) is 2.22. The molecule has 24 heavy (non-hydrogen) atoms. The summed E-state index contributed by atoms with van der Waals surface area (Å²) in [5.74, 6) is 1.48. The Bertz CT molecular complexity index is 664. The zero-order valence-electron chi connectivity index (χ0n) is 14.4. The minimum absolute atomic E-state index is 0.602. The molecule has 4 rings (SSSR count). The van der Waals surface area contributed by atoms with Crippen LogP contribution in [0.25, 0.3) is 0 Å². The molecule has 0 radical (unpaired) electrons. The smallest absolute Gasteiger partial charge is 0.108 e. The molecule has 1 saturated carbocycles. The van der Waals surface area contributed by atoms with E-state index in [4.69, 9.17) is 4.74 Å². The zero-order valence-corrected chi connectivity index (χ0v) is 15.2. The van der Waals surface area contributed by atoms with Crippen molar-refractivity contribution in [2.75, 3.05) is 19.7 Å². The maximum Gasteiger partial charge on any atom is 0.108 e. The summed E-state index contributed by atoms with van der Waals surface area (Å²) in [4.78, 5) is 4.08. The average Bonchev–Trinajstić information content (AvgIpc) is 2.93. The number of nitrogens with zero attached hydrogens (tertiary/aromatic N) is 4. The molecule has 3 heterocycles. The zero-order chi connectivity index (χ0) is 16.4. The third-order valence-corrected chi connectivity index (χ3v) is 6.04. The predicted octanol–water partition coefficient (Wildman–Crippen LogP) is 3.10. The lowest BCUT2D eigenvalue weighted by molar-refractivity contribution is 0.108. The van der Waals surface area contributed by atoms with Gasteiger partial charge < -0.3 is 4.74 Å². The van der Waals surface area contributed by atoms with Crippen LogP contribution >= 0.6 is 11.3 Å². The first-order chi connectivity index (χ1) is 11.8. The third kappa shape index (κ3) is 4.23. The van der Waals surface area contributed by atoms with Crippen LogP contribution in [0.4, 0.5) is 0 Å². The fourth-order valence-electron chi connectivity index (χ4n) is 3.35. The van der Waals surface area contributed by atoms with Crippen LogP contribution in [0.2, 0.25) is 0 Å². The number of aromatic nitrogens is 3. The normalized spacial score (nSPS) is 21.6. The molecule has 2 aromatic rings. The Hall–Kier alpha value is -1.24. The van der Waals surface area contributed by atoms with Crippen molar-refractivity contribution in [1.29, 1.82) is 0 Å². The van der Waals surface area contributed by atoms with Gasteiger partial charge in [0.05, 0.1) is 12.8 Å². The number of likely N-dealkylation sites (tertiary alicyclic amines) is 1. The Morgan fingerprint density at radius 1 is 1.29 bits per heavy atom. The second kappa shape index (κ2) is 7.33. The molecule has 2 aromatic heterocycles. The average molecular weight is 347 g/mol. The van der Waals surface area contributed by atoms with Crippen LogP contribution in [0, 0.1) is 18.8 Å². The molecule has 6 heteroatoms. The fourth-order valence-corrected chi connectivity index (χ4v) is 4.30. The van der Waals surface area contributed by atoms with Crippen LogP contribution in [0.3, 0.4) is 0 Å². The van der Waals surface area contributed by atoms with Gasteiger partial charge in [-0.1, -0.05) is 5.21 Å². The SMILES string of the molecule is Cc1ccsc1CN1CCC(Cn2cc(COCC3CC3)nn2)C1. The van der Waals surface area contributed by atoms with Gasteiger partial charge in [0.1, 0.15) is 5.69 Å². The van der Waals surface area contributed by atoms with Crippen molar-refractivity contribution in [3.05, 3.63) is 33.8 Å². The van der Waals surface area contributed by atoms with Crippen LogP contribution in [-0.2, 0) is 24.4 Å². The van der Waals surface area contributed by atoms with Gasteiger partial charge in [-0.25, -0.2) is 0 Å². The fraction of sp³-hybridized carbons (Fsp3) is 0.667. The van der Waals surface area contributed by atoms with Gasteiger partial charge in [-0.2, -0.15) is 0 Å². The highest BCUT2D eigenvalue weighted by atomic mass is 32.1. The van der Waals surface area contributed by atoms with Gasteiger partial charge in [0.2, 0.25) is 0 Å². The highest BCUT2D eigenvalue weighted by Gasteiger charge is 2.24. The first-order valence-corrected chi connectivity index (χ1v) is 9.86. The summed E-state index contributed by atoms with van der Waals surface area (Å²) in [6.45, 7) is 8.10. The summed E-state index contributed by atoms with van der Waals surface area (Å²) in [7, 11) is 0. The maximum absolute atomic E-state index is 5.69. The molecule has 1 aliphatic carbocycles. The van der Waals surface area contributed by atoms with E-state index in [0.29, 0.717) is 12.5 Å². The molecule has 0 amide bonds. The Morgan fingerprint density at radius 2 is 2.21 bits per heavy atom. The highest BCUT2D eigenvalue weighted by molar-refractivity contribution is 7.10. The van der Waals surface area contributed by atoms with E-state index < -0.39 is 0 Å². The molecule has 0 spiro atoms. The van der Waals surface area contributed by atoms with E-state index in [1.807, 2.05) is 16.0 Å². The van der Waals surface area contributed by atoms with Crippen LogP contribution in [0.15, 0.2) is 17.6 Å². The van der Waals surface area contributed by atoms with Gasteiger partial charge in [0.15, 0.2) is 0 Å². The van der Waals surface area contributed by atoms with Crippen molar-refractivity contribution >= 4 is 11.3 Å². The Morgan fingerprint density at radius 3 is 3.00 bits per heavy atom. The first-order valence-electron chi connectivity index (χ1n) is 8.98. The van der Waals surface area contributed by atoms with E-state index in [0.717, 1.165) is 37.9 Å². The van der Waals surface area contributed by atoms with Crippen molar-refractivity contribution in [3.63, 3.8) is 0 Å². The first kappa shape index (κ1) is 16.2. The summed E-state index contributed by atoms with van der Waals surface area (Å²) in [5, 5.41) is 10.7. The molecule has 1 unspecified atom stereocenters. The van der Waals surface area contributed by atoms with Crippen molar-refractivity contribution in [3.8, 4) is 0 Å². The molecular weight excluding hydrogens is 320 g/mol. The number of aryl methyl sites for hydroxylation is 1. The Labute approximate surface area is 147 Å². The van der Waals surface area contributed by atoms with E-state index in [2.05, 4.69) is 39.8 Å². The van der Waals surface area contributed by atoms with Crippen molar-refractivity contribution in [2.24, 2.45) is 11.8 Å². The molecule has 1 atom stereocenters.